The molecular weight excluding hydrogens is 496 g/mol. The fourth-order valence-electron chi connectivity index (χ4n) is 4.08. The first-order valence-corrected chi connectivity index (χ1v) is 11.4. The first kappa shape index (κ1) is 20.7. The molecule has 162 valence electrons. The first-order chi connectivity index (χ1) is 15.4. The zero-order valence-corrected chi connectivity index (χ0v) is 18.9. The summed E-state index contributed by atoms with van der Waals surface area (Å²) in [6.07, 6.45) is -0.639. The Hall–Kier alpha value is -3.21. The Kier molecular flexibility index (Phi) is 5.00. The summed E-state index contributed by atoms with van der Waals surface area (Å²) in [7, 11) is 0. The number of thiophene rings is 1. The van der Waals surface area contributed by atoms with Crippen molar-refractivity contribution in [3.8, 4) is 0 Å². The third-order valence-electron chi connectivity index (χ3n) is 5.49. The molecule has 2 aromatic carbocycles. The quantitative estimate of drug-likeness (QED) is 0.316. The molecule has 1 unspecified atom stereocenters. The molecule has 1 aliphatic heterocycles. The first-order valence-electron chi connectivity index (χ1n) is 9.74. The molecule has 3 heterocycles. The number of aromatic amines is 1. The third-order valence-corrected chi connectivity index (χ3v) is 7.17. The number of carbonyl (C=O) groups excluding carboxylic acids is 1. The normalized spacial score (nSPS) is 17.7. The van der Waals surface area contributed by atoms with Gasteiger partial charge in [-0.2, -0.15) is 0 Å². The number of hydrogen-bond donors (Lipinski definition) is 4. The lowest BCUT2D eigenvalue weighted by atomic mass is 9.93. The second-order valence-corrected chi connectivity index (χ2v) is 9.93. The fraction of sp³-hybridized carbons (Fsp3) is 0.136. The van der Waals surface area contributed by atoms with Gasteiger partial charge in [-0.05, 0) is 52.7 Å². The zero-order valence-electron chi connectivity index (χ0n) is 16.5. The molecule has 2 amide bonds. The summed E-state index contributed by atoms with van der Waals surface area (Å²) in [5, 5.41) is 23.1. The van der Waals surface area contributed by atoms with Crippen LogP contribution in [0.25, 0.3) is 11.0 Å². The molecule has 8 nitrogen and oxygen atoms in total. The van der Waals surface area contributed by atoms with Crippen LogP contribution in [-0.2, 0) is 12.1 Å². The van der Waals surface area contributed by atoms with Gasteiger partial charge in [0.2, 0.25) is 5.95 Å². The molecule has 32 heavy (non-hydrogen) atoms. The summed E-state index contributed by atoms with van der Waals surface area (Å²) >= 11 is 5.05. The largest absolute Gasteiger partial charge is 0.465 e. The van der Waals surface area contributed by atoms with E-state index in [-0.39, 0.29) is 11.9 Å². The molecule has 1 atom stereocenters. The van der Waals surface area contributed by atoms with Crippen molar-refractivity contribution in [1.29, 1.82) is 0 Å². The summed E-state index contributed by atoms with van der Waals surface area (Å²) in [5.41, 5.74) is 0.848. The Labute approximate surface area is 194 Å². The SMILES string of the molecule is O=C(O)Nc1nc2cc(C3(O)c4ccccc4C(=O)N3CCc3ccc(Br)s3)ccc2[nH]1. The van der Waals surface area contributed by atoms with Crippen LogP contribution >= 0.6 is 27.3 Å². The summed E-state index contributed by atoms with van der Waals surface area (Å²) in [6.45, 7) is 0.321. The van der Waals surface area contributed by atoms with E-state index in [1.165, 1.54) is 4.90 Å². The van der Waals surface area contributed by atoms with Crippen LogP contribution in [0.4, 0.5) is 10.7 Å². The molecule has 2 aromatic heterocycles. The molecular formula is C22H17BrN4O4S. The van der Waals surface area contributed by atoms with Crippen LogP contribution in [0.1, 0.15) is 26.4 Å². The van der Waals surface area contributed by atoms with Crippen LogP contribution in [0.5, 0.6) is 0 Å². The Morgan fingerprint density at radius 1 is 1.22 bits per heavy atom. The van der Waals surface area contributed by atoms with Gasteiger partial charge in [-0.1, -0.05) is 24.3 Å². The molecule has 1 aliphatic rings. The predicted molar refractivity (Wildman–Crippen MR) is 124 cm³/mol. The Morgan fingerprint density at radius 2 is 2.03 bits per heavy atom. The van der Waals surface area contributed by atoms with Crippen molar-refractivity contribution in [1.82, 2.24) is 14.9 Å². The van der Waals surface area contributed by atoms with Crippen molar-refractivity contribution < 1.29 is 19.8 Å². The van der Waals surface area contributed by atoms with E-state index in [9.17, 15) is 14.7 Å². The summed E-state index contributed by atoms with van der Waals surface area (Å²) in [4.78, 5) is 33.9. The minimum absolute atomic E-state index is 0.0830. The van der Waals surface area contributed by atoms with Crippen molar-refractivity contribution >= 4 is 56.2 Å². The van der Waals surface area contributed by atoms with Gasteiger partial charge < -0.3 is 20.1 Å². The predicted octanol–water partition coefficient (Wildman–Crippen LogP) is 4.37. The molecule has 0 spiro atoms. The van der Waals surface area contributed by atoms with Gasteiger partial charge in [0.1, 0.15) is 0 Å². The minimum atomic E-state index is -1.67. The fourth-order valence-corrected chi connectivity index (χ4v) is 5.55. The van der Waals surface area contributed by atoms with Gasteiger partial charge in [-0.25, -0.2) is 9.78 Å². The smallest absolute Gasteiger partial charge is 0.411 e. The monoisotopic (exact) mass is 512 g/mol. The maximum atomic E-state index is 13.3. The van der Waals surface area contributed by atoms with E-state index in [2.05, 4.69) is 31.2 Å². The standard InChI is InChI=1S/C22H17BrN4O4S/c23-18-8-6-13(32-18)9-10-27-19(28)14-3-1-2-4-15(14)22(27,31)12-5-7-16-17(11-12)25-20(24-16)26-21(29)30/h1-8,11,31H,9-10H2,(H,29,30)(H2,24,25,26). The maximum absolute atomic E-state index is 13.3. The molecule has 4 N–H and O–H groups in total. The second kappa shape index (κ2) is 7.73. The van der Waals surface area contributed by atoms with Crippen LogP contribution < -0.4 is 5.32 Å². The van der Waals surface area contributed by atoms with Crippen molar-refractivity contribution in [2.45, 2.75) is 12.1 Å². The van der Waals surface area contributed by atoms with Gasteiger partial charge in [-0.15, -0.1) is 11.3 Å². The third kappa shape index (κ3) is 3.36. The number of rotatable bonds is 5. The second-order valence-electron chi connectivity index (χ2n) is 7.38. The van der Waals surface area contributed by atoms with Crippen LogP contribution in [0.3, 0.4) is 0 Å². The number of aromatic nitrogens is 2. The molecule has 0 radical (unpaired) electrons. The number of benzene rings is 2. The topological polar surface area (TPSA) is 119 Å². The number of hydrogen-bond acceptors (Lipinski definition) is 5. The van der Waals surface area contributed by atoms with E-state index in [0.29, 0.717) is 40.7 Å². The van der Waals surface area contributed by atoms with E-state index in [1.54, 1.807) is 53.8 Å². The van der Waals surface area contributed by atoms with Gasteiger partial charge in [0.25, 0.3) is 5.91 Å². The van der Waals surface area contributed by atoms with E-state index < -0.39 is 11.8 Å². The Morgan fingerprint density at radius 3 is 2.78 bits per heavy atom. The van der Waals surface area contributed by atoms with Gasteiger partial charge >= 0.3 is 6.09 Å². The van der Waals surface area contributed by atoms with Gasteiger partial charge in [-0.3, -0.25) is 10.1 Å². The Balaban J connectivity index is 1.57. The molecule has 0 saturated heterocycles. The van der Waals surface area contributed by atoms with Gasteiger partial charge in [0.05, 0.1) is 14.8 Å². The van der Waals surface area contributed by atoms with E-state index in [4.69, 9.17) is 5.11 Å². The lowest BCUT2D eigenvalue weighted by Gasteiger charge is -2.35. The molecule has 0 aliphatic carbocycles. The summed E-state index contributed by atoms with van der Waals surface area (Å²) in [5.74, 6) is -0.159. The average Bonchev–Trinajstić information content (AvgIpc) is 3.42. The number of fused-ring (bicyclic) bond motifs is 2. The number of amides is 2. The number of H-pyrrole nitrogens is 1. The molecule has 0 bridgehead atoms. The van der Waals surface area contributed by atoms with Crippen molar-refractivity contribution in [2.24, 2.45) is 0 Å². The number of halogens is 1. The summed E-state index contributed by atoms with van der Waals surface area (Å²) in [6, 6.07) is 16.1. The lowest BCUT2D eigenvalue weighted by molar-refractivity contribution is -0.0492. The highest BCUT2D eigenvalue weighted by molar-refractivity contribution is 9.11. The van der Waals surface area contributed by atoms with Gasteiger partial charge in [0.15, 0.2) is 5.72 Å². The number of nitrogens with zero attached hydrogens (tertiary/aromatic N) is 2. The van der Waals surface area contributed by atoms with Crippen LogP contribution in [0.15, 0.2) is 58.4 Å². The minimum Gasteiger partial charge on any atom is -0.465 e. The highest BCUT2D eigenvalue weighted by Gasteiger charge is 2.49. The summed E-state index contributed by atoms with van der Waals surface area (Å²) < 4.78 is 1.01. The number of anilines is 1. The number of imidazole rings is 1. The van der Waals surface area contributed by atoms with Crippen molar-refractivity contribution in [3.63, 3.8) is 0 Å². The number of aliphatic hydroxyl groups is 1. The average molecular weight is 513 g/mol. The number of carbonyl (C=O) groups is 2. The molecule has 0 saturated carbocycles. The number of nitrogens with one attached hydrogen (secondary N) is 2. The van der Waals surface area contributed by atoms with Crippen molar-refractivity contribution in [2.75, 3.05) is 11.9 Å². The van der Waals surface area contributed by atoms with E-state index in [1.807, 2.05) is 12.1 Å². The molecule has 5 rings (SSSR count). The lowest BCUT2D eigenvalue weighted by Crippen LogP contribution is -2.45. The molecule has 4 aromatic rings. The van der Waals surface area contributed by atoms with Gasteiger partial charge in [0, 0.05) is 28.1 Å². The molecule has 0 fully saturated rings. The van der Waals surface area contributed by atoms with Crippen LogP contribution in [-0.4, -0.2) is 43.6 Å². The highest BCUT2D eigenvalue weighted by Crippen LogP contribution is 2.43. The van der Waals surface area contributed by atoms with Crippen LogP contribution in [0, 0.1) is 0 Å². The zero-order chi connectivity index (χ0) is 22.5. The van der Waals surface area contributed by atoms with E-state index in [0.717, 1.165) is 8.66 Å². The molecule has 10 heteroatoms. The van der Waals surface area contributed by atoms with Crippen LogP contribution in [0.2, 0.25) is 0 Å². The maximum Gasteiger partial charge on any atom is 0.411 e. The highest BCUT2D eigenvalue weighted by atomic mass is 79.9. The number of carboxylic acid groups (broad SMARTS) is 1. The Bertz CT molecular complexity index is 1370. The van der Waals surface area contributed by atoms with Crippen molar-refractivity contribution in [3.05, 3.63) is 80.0 Å². The van der Waals surface area contributed by atoms with E-state index >= 15 is 0 Å².